The van der Waals surface area contributed by atoms with Gasteiger partial charge >= 0.3 is 0 Å². The largest absolute Gasteiger partial charge is 0.492 e. The van der Waals surface area contributed by atoms with Crippen LogP contribution in [0.4, 0.5) is 0 Å². The highest BCUT2D eigenvalue weighted by atomic mass is 16.5. The van der Waals surface area contributed by atoms with Crippen LogP contribution in [0.2, 0.25) is 0 Å². The maximum Gasteiger partial charge on any atom is 0.234 e. The van der Waals surface area contributed by atoms with Gasteiger partial charge in [0, 0.05) is 19.2 Å². The molecule has 0 N–H and O–H groups in total. The van der Waals surface area contributed by atoms with Gasteiger partial charge in [-0.3, -0.25) is 4.79 Å². The van der Waals surface area contributed by atoms with Crippen molar-refractivity contribution in [2.24, 2.45) is 0 Å². The van der Waals surface area contributed by atoms with Gasteiger partial charge < -0.3 is 18.8 Å². The third-order valence-corrected chi connectivity index (χ3v) is 4.83. The molecule has 1 amide bonds. The SMILES string of the molecule is COCc1ccc([C@H]2CCCN2C(=O)[C@H]2COc3ccccc32)o1. The maximum absolute atomic E-state index is 13.1. The number of hydrogen-bond acceptors (Lipinski definition) is 4. The molecule has 1 aromatic heterocycles. The standard InChI is InChI=1S/C19H21NO4/c1-22-11-13-8-9-18(24-13)16-6-4-10-20(16)19(21)15-12-23-17-7-3-2-5-14(15)17/h2-3,5,7-9,15-16H,4,6,10-12H2,1H3/t15-,16+/m0/s1. The first-order valence-electron chi connectivity index (χ1n) is 8.37. The van der Waals surface area contributed by atoms with Crippen molar-refractivity contribution in [2.45, 2.75) is 31.4 Å². The van der Waals surface area contributed by atoms with E-state index in [2.05, 4.69) is 0 Å². The molecule has 2 atom stereocenters. The molecule has 1 aromatic carbocycles. The fraction of sp³-hybridized carbons (Fsp3) is 0.421. The summed E-state index contributed by atoms with van der Waals surface area (Å²) < 4.78 is 16.7. The molecule has 4 rings (SSSR count). The first-order chi connectivity index (χ1) is 11.8. The van der Waals surface area contributed by atoms with Crippen LogP contribution in [0.15, 0.2) is 40.8 Å². The molecule has 24 heavy (non-hydrogen) atoms. The summed E-state index contributed by atoms with van der Waals surface area (Å²) in [6, 6.07) is 11.7. The Morgan fingerprint density at radius 3 is 3.04 bits per heavy atom. The number of carbonyl (C=O) groups is 1. The van der Waals surface area contributed by atoms with Crippen LogP contribution in [0.1, 0.15) is 41.9 Å². The van der Waals surface area contributed by atoms with Crippen molar-refractivity contribution < 1.29 is 18.7 Å². The van der Waals surface area contributed by atoms with Crippen LogP contribution < -0.4 is 4.74 Å². The second-order valence-corrected chi connectivity index (χ2v) is 6.33. The van der Waals surface area contributed by atoms with Crippen LogP contribution in [0.3, 0.4) is 0 Å². The zero-order valence-corrected chi connectivity index (χ0v) is 13.7. The van der Waals surface area contributed by atoms with Crippen molar-refractivity contribution in [2.75, 3.05) is 20.3 Å². The fourth-order valence-electron chi connectivity index (χ4n) is 3.69. The first kappa shape index (κ1) is 15.3. The predicted molar refractivity (Wildman–Crippen MR) is 87.8 cm³/mol. The second-order valence-electron chi connectivity index (χ2n) is 6.33. The molecule has 0 spiro atoms. The summed E-state index contributed by atoms with van der Waals surface area (Å²) >= 11 is 0. The van der Waals surface area contributed by atoms with E-state index in [4.69, 9.17) is 13.9 Å². The number of para-hydroxylation sites is 1. The first-order valence-corrected chi connectivity index (χ1v) is 8.37. The Hall–Kier alpha value is -2.27. The van der Waals surface area contributed by atoms with Crippen molar-refractivity contribution >= 4 is 5.91 Å². The van der Waals surface area contributed by atoms with Gasteiger partial charge in [0.1, 0.15) is 36.4 Å². The molecule has 2 aliphatic rings. The summed E-state index contributed by atoms with van der Waals surface area (Å²) in [5.74, 6) is 2.38. The summed E-state index contributed by atoms with van der Waals surface area (Å²) in [5.41, 5.74) is 0.993. The number of likely N-dealkylation sites (tertiary alicyclic amines) is 1. The van der Waals surface area contributed by atoms with E-state index in [1.807, 2.05) is 41.3 Å². The summed E-state index contributed by atoms with van der Waals surface area (Å²) in [7, 11) is 1.64. The zero-order chi connectivity index (χ0) is 16.5. The number of nitrogens with zero attached hydrogens (tertiary/aromatic N) is 1. The second kappa shape index (κ2) is 6.32. The number of rotatable bonds is 4. The molecule has 0 aliphatic carbocycles. The zero-order valence-electron chi connectivity index (χ0n) is 13.7. The van der Waals surface area contributed by atoms with Crippen molar-refractivity contribution in [1.29, 1.82) is 0 Å². The Balaban J connectivity index is 1.55. The summed E-state index contributed by atoms with van der Waals surface area (Å²) in [5, 5.41) is 0. The lowest BCUT2D eigenvalue weighted by Gasteiger charge is -2.25. The molecule has 2 aromatic rings. The van der Waals surface area contributed by atoms with Gasteiger partial charge in [-0.05, 0) is 31.0 Å². The molecule has 0 bridgehead atoms. The molecule has 126 valence electrons. The van der Waals surface area contributed by atoms with Gasteiger partial charge in [-0.15, -0.1) is 0 Å². The normalized spacial score (nSPS) is 22.5. The summed E-state index contributed by atoms with van der Waals surface area (Å²) in [6.07, 6.45) is 1.92. The molecule has 0 radical (unpaired) electrons. The summed E-state index contributed by atoms with van der Waals surface area (Å²) in [4.78, 5) is 15.1. The topological polar surface area (TPSA) is 51.9 Å². The molecule has 1 saturated heterocycles. The molecule has 5 nitrogen and oxygen atoms in total. The third-order valence-electron chi connectivity index (χ3n) is 4.83. The third kappa shape index (κ3) is 2.59. The lowest BCUT2D eigenvalue weighted by molar-refractivity contribution is -0.134. The van der Waals surface area contributed by atoms with Crippen LogP contribution in [0.5, 0.6) is 5.75 Å². The molecular weight excluding hydrogens is 306 g/mol. The molecule has 3 heterocycles. The smallest absolute Gasteiger partial charge is 0.234 e. The number of methoxy groups -OCH3 is 1. The Bertz CT molecular complexity index is 738. The van der Waals surface area contributed by atoms with Crippen LogP contribution in [0.25, 0.3) is 0 Å². The number of carbonyl (C=O) groups excluding carboxylic acids is 1. The van der Waals surface area contributed by atoms with Gasteiger partial charge in [0.2, 0.25) is 5.91 Å². The average molecular weight is 327 g/mol. The lowest BCUT2D eigenvalue weighted by atomic mass is 9.99. The lowest BCUT2D eigenvalue weighted by Crippen LogP contribution is -2.35. The minimum Gasteiger partial charge on any atom is -0.492 e. The predicted octanol–water partition coefficient (Wildman–Crippen LogP) is 3.27. The Morgan fingerprint density at radius 1 is 1.29 bits per heavy atom. The fourth-order valence-corrected chi connectivity index (χ4v) is 3.69. The van der Waals surface area contributed by atoms with Gasteiger partial charge in [-0.1, -0.05) is 18.2 Å². The number of fused-ring (bicyclic) bond motifs is 1. The Kier molecular flexibility index (Phi) is 4.02. The minimum absolute atomic E-state index is 0.0101. The molecule has 0 saturated carbocycles. The molecule has 2 aliphatic heterocycles. The van der Waals surface area contributed by atoms with Crippen LogP contribution in [-0.2, 0) is 16.1 Å². The number of ether oxygens (including phenoxy) is 2. The Labute approximate surface area is 141 Å². The van der Waals surface area contributed by atoms with E-state index in [0.29, 0.717) is 13.2 Å². The average Bonchev–Trinajstić information content (AvgIpc) is 3.33. The van der Waals surface area contributed by atoms with Gasteiger partial charge in [-0.2, -0.15) is 0 Å². The highest BCUT2D eigenvalue weighted by Gasteiger charge is 2.39. The van der Waals surface area contributed by atoms with Crippen LogP contribution >= 0.6 is 0 Å². The van der Waals surface area contributed by atoms with Crippen molar-refractivity contribution in [3.05, 3.63) is 53.5 Å². The summed E-state index contributed by atoms with van der Waals surface area (Å²) in [6.45, 7) is 1.64. The Morgan fingerprint density at radius 2 is 2.17 bits per heavy atom. The monoisotopic (exact) mass is 327 g/mol. The van der Waals surface area contributed by atoms with Crippen LogP contribution in [-0.4, -0.2) is 31.1 Å². The minimum atomic E-state index is -0.213. The van der Waals surface area contributed by atoms with Gasteiger partial charge in [0.05, 0.1) is 6.04 Å². The van der Waals surface area contributed by atoms with E-state index in [0.717, 1.165) is 42.2 Å². The number of benzene rings is 1. The van der Waals surface area contributed by atoms with Crippen molar-refractivity contribution in [3.63, 3.8) is 0 Å². The van der Waals surface area contributed by atoms with E-state index in [-0.39, 0.29) is 17.9 Å². The number of hydrogen-bond donors (Lipinski definition) is 0. The van der Waals surface area contributed by atoms with E-state index in [1.54, 1.807) is 7.11 Å². The highest BCUT2D eigenvalue weighted by molar-refractivity contribution is 5.86. The van der Waals surface area contributed by atoms with Gasteiger partial charge in [0.15, 0.2) is 0 Å². The van der Waals surface area contributed by atoms with Gasteiger partial charge in [-0.25, -0.2) is 0 Å². The number of furan rings is 1. The van der Waals surface area contributed by atoms with E-state index >= 15 is 0 Å². The van der Waals surface area contributed by atoms with E-state index < -0.39 is 0 Å². The van der Waals surface area contributed by atoms with E-state index in [1.165, 1.54) is 0 Å². The molecular formula is C19H21NO4. The van der Waals surface area contributed by atoms with Crippen molar-refractivity contribution in [3.8, 4) is 5.75 Å². The molecule has 1 fully saturated rings. The van der Waals surface area contributed by atoms with E-state index in [9.17, 15) is 4.79 Å². The number of amides is 1. The van der Waals surface area contributed by atoms with Gasteiger partial charge in [0.25, 0.3) is 0 Å². The van der Waals surface area contributed by atoms with Crippen LogP contribution in [0, 0.1) is 0 Å². The maximum atomic E-state index is 13.1. The van der Waals surface area contributed by atoms with Crippen molar-refractivity contribution in [1.82, 2.24) is 4.90 Å². The highest BCUT2D eigenvalue weighted by Crippen LogP contribution is 2.39. The molecule has 5 heteroatoms. The quantitative estimate of drug-likeness (QED) is 0.865. The molecule has 0 unspecified atom stereocenters.